The van der Waals surface area contributed by atoms with Crippen LogP contribution >= 0.6 is 0 Å². The number of furan rings is 1. The lowest BCUT2D eigenvalue weighted by molar-refractivity contribution is 0.0547. The van der Waals surface area contributed by atoms with Gasteiger partial charge in [0.1, 0.15) is 18.0 Å². The second-order valence-corrected chi connectivity index (χ2v) is 5.51. The van der Waals surface area contributed by atoms with Gasteiger partial charge in [-0.3, -0.25) is 0 Å². The van der Waals surface area contributed by atoms with Crippen molar-refractivity contribution in [2.45, 2.75) is 52.0 Å². The van der Waals surface area contributed by atoms with E-state index in [9.17, 15) is 0 Å². The Kier molecular flexibility index (Phi) is 3.58. The van der Waals surface area contributed by atoms with Gasteiger partial charge in [-0.15, -0.1) is 0 Å². The summed E-state index contributed by atoms with van der Waals surface area (Å²) in [6, 6.07) is 8.92. The average Bonchev–Trinajstić information content (AvgIpc) is 3.15. The summed E-state index contributed by atoms with van der Waals surface area (Å²) < 4.78 is 11.6. The zero-order valence-electron chi connectivity index (χ0n) is 11.6. The van der Waals surface area contributed by atoms with Gasteiger partial charge in [-0.25, -0.2) is 0 Å². The van der Waals surface area contributed by atoms with Crippen molar-refractivity contribution in [1.82, 2.24) is 5.32 Å². The third-order valence-corrected chi connectivity index (χ3v) is 3.47. The summed E-state index contributed by atoms with van der Waals surface area (Å²) in [5, 5.41) is 4.77. The van der Waals surface area contributed by atoms with E-state index >= 15 is 0 Å². The van der Waals surface area contributed by atoms with E-state index < -0.39 is 0 Å². The molecular formula is C16H21NO2. The first-order valence-electron chi connectivity index (χ1n) is 7.08. The molecule has 1 aliphatic carbocycles. The van der Waals surface area contributed by atoms with Crippen molar-refractivity contribution >= 4 is 11.0 Å². The molecule has 1 fully saturated rings. The number of nitrogens with one attached hydrogen (secondary N) is 1. The molecule has 1 aromatic heterocycles. The number of hydrogen-bond acceptors (Lipinski definition) is 3. The lowest BCUT2D eigenvalue weighted by Gasteiger charge is -2.08. The first-order valence-corrected chi connectivity index (χ1v) is 7.08. The highest BCUT2D eigenvalue weighted by atomic mass is 16.5. The van der Waals surface area contributed by atoms with E-state index in [1.807, 2.05) is 26.0 Å². The van der Waals surface area contributed by atoms with Crippen LogP contribution in [0.15, 0.2) is 28.7 Å². The Bertz CT molecular complexity index is 555. The molecule has 1 aromatic carbocycles. The SMILES string of the molecule is CC(C)OCc1oc2ccccc2c1CNC1CC1. The topological polar surface area (TPSA) is 34.4 Å². The van der Waals surface area contributed by atoms with Crippen LogP contribution in [-0.4, -0.2) is 12.1 Å². The van der Waals surface area contributed by atoms with E-state index in [1.54, 1.807) is 0 Å². The van der Waals surface area contributed by atoms with Crippen molar-refractivity contribution in [2.75, 3.05) is 0 Å². The summed E-state index contributed by atoms with van der Waals surface area (Å²) in [7, 11) is 0. The highest BCUT2D eigenvalue weighted by Crippen LogP contribution is 2.28. The van der Waals surface area contributed by atoms with Crippen molar-refractivity contribution in [3.05, 3.63) is 35.6 Å². The van der Waals surface area contributed by atoms with Crippen LogP contribution in [0, 0.1) is 0 Å². The minimum Gasteiger partial charge on any atom is -0.458 e. The highest BCUT2D eigenvalue weighted by Gasteiger charge is 2.22. The van der Waals surface area contributed by atoms with Crippen LogP contribution in [0.1, 0.15) is 38.0 Å². The van der Waals surface area contributed by atoms with Crippen molar-refractivity contribution in [3.63, 3.8) is 0 Å². The van der Waals surface area contributed by atoms with E-state index in [4.69, 9.17) is 9.15 Å². The molecule has 0 atom stereocenters. The standard InChI is InChI=1S/C16H21NO2/c1-11(2)18-10-16-14(9-17-12-7-8-12)13-5-3-4-6-15(13)19-16/h3-6,11-12,17H,7-10H2,1-2H3. The van der Waals surface area contributed by atoms with E-state index in [0.29, 0.717) is 12.6 Å². The minimum absolute atomic E-state index is 0.220. The van der Waals surface area contributed by atoms with Gasteiger partial charge in [0, 0.05) is 23.5 Å². The quantitative estimate of drug-likeness (QED) is 0.860. The molecular weight excluding hydrogens is 238 g/mol. The van der Waals surface area contributed by atoms with E-state index in [1.165, 1.54) is 23.8 Å². The van der Waals surface area contributed by atoms with Crippen molar-refractivity contribution in [2.24, 2.45) is 0 Å². The molecule has 1 saturated carbocycles. The summed E-state index contributed by atoms with van der Waals surface area (Å²) in [6.45, 7) is 5.52. The van der Waals surface area contributed by atoms with Crippen LogP contribution in [0.4, 0.5) is 0 Å². The number of ether oxygens (including phenoxy) is 1. The van der Waals surface area contributed by atoms with Crippen LogP contribution in [0.2, 0.25) is 0 Å². The molecule has 3 rings (SSSR count). The summed E-state index contributed by atoms with van der Waals surface area (Å²) in [4.78, 5) is 0. The zero-order valence-corrected chi connectivity index (χ0v) is 11.6. The molecule has 0 bridgehead atoms. The molecule has 0 aliphatic heterocycles. The monoisotopic (exact) mass is 259 g/mol. The molecule has 1 aliphatic rings. The molecule has 0 unspecified atom stereocenters. The third kappa shape index (κ3) is 2.99. The Balaban J connectivity index is 1.86. The molecule has 3 nitrogen and oxygen atoms in total. The Morgan fingerprint density at radius 1 is 1.32 bits per heavy atom. The molecule has 0 radical (unpaired) electrons. The second kappa shape index (κ2) is 5.35. The zero-order chi connectivity index (χ0) is 13.2. The Morgan fingerprint density at radius 2 is 2.11 bits per heavy atom. The van der Waals surface area contributed by atoms with Gasteiger partial charge in [0.15, 0.2) is 0 Å². The lowest BCUT2D eigenvalue weighted by Crippen LogP contribution is -2.16. The maximum Gasteiger partial charge on any atom is 0.135 e. The van der Waals surface area contributed by atoms with E-state index in [-0.39, 0.29) is 6.10 Å². The predicted octanol–water partition coefficient (Wildman–Crippen LogP) is 3.61. The summed E-state index contributed by atoms with van der Waals surface area (Å²) in [5.74, 6) is 0.961. The largest absolute Gasteiger partial charge is 0.458 e. The first kappa shape index (κ1) is 12.7. The fourth-order valence-electron chi connectivity index (χ4n) is 2.24. The molecule has 0 saturated heterocycles. The smallest absolute Gasteiger partial charge is 0.135 e. The predicted molar refractivity (Wildman–Crippen MR) is 76.0 cm³/mol. The van der Waals surface area contributed by atoms with Gasteiger partial charge in [0.25, 0.3) is 0 Å². The number of fused-ring (bicyclic) bond motifs is 1. The number of benzene rings is 1. The lowest BCUT2D eigenvalue weighted by atomic mass is 10.1. The highest BCUT2D eigenvalue weighted by molar-refractivity contribution is 5.82. The average molecular weight is 259 g/mol. The van der Waals surface area contributed by atoms with Crippen molar-refractivity contribution < 1.29 is 9.15 Å². The van der Waals surface area contributed by atoms with Gasteiger partial charge in [0.05, 0.1) is 6.10 Å². The maximum atomic E-state index is 5.94. The number of para-hydroxylation sites is 1. The molecule has 0 spiro atoms. The van der Waals surface area contributed by atoms with Gasteiger partial charge in [-0.1, -0.05) is 18.2 Å². The van der Waals surface area contributed by atoms with Gasteiger partial charge < -0.3 is 14.5 Å². The fraction of sp³-hybridized carbons (Fsp3) is 0.500. The minimum atomic E-state index is 0.220. The summed E-state index contributed by atoms with van der Waals surface area (Å²) in [6.07, 6.45) is 2.82. The van der Waals surface area contributed by atoms with Crippen LogP contribution in [0.25, 0.3) is 11.0 Å². The molecule has 19 heavy (non-hydrogen) atoms. The maximum absolute atomic E-state index is 5.94. The van der Waals surface area contributed by atoms with Crippen LogP contribution in [0.3, 0.4) is 0 Å². The molecule has 102 valence electrons. The fourth-order valence-corrected chi connectivity index (χ4v) is 2.24. The normalized spacial score (nSPS) is 15.5. The van der Waals surface area contributed by atoms with Gasteiger partial charge in [-0.05, 0) is 32.8 Å². The van der Waals surface area contributed by atoms with Crippen LogP contribution in [-0.2, 0) is 17.9 Å². The van der Waals surface area contributed by atoms with Gasteiger partial charge in [-0.2, -0.15) is 0 Å². The third-order valence-electron chi connectivity index (χ3n) is 3.47. The van der Waals surface area contributed by atoms with E-state index in [0.717, 1.165) is 17.9 Å². The number of rotatable bonds is 6. The second-order valence-electron chi connectivity index (χ2n) is 5.51. The summed E-state index contributed by atoms with van der Waals surface area (Å²) in [5.41, 5.74) is 2.21. The first-order chi connectivity index (χ1) is 9.24. The molecule has 2 aromatic rings. The molecule has 3 heteroatoms. The van der Waals surface area contributed by atoms with Crippen molar-refractivity contribution in [1.29, 1.82) is 0 Å². The van der Waals surface area contributed by atoms with Crippen LogP contribution < -0.4 is 5.32 Å². The Hall–Kier alpha value is -1.32. The molecule has 0 amide bonds. The van der Waals surface area contributed by atoms with Crippen LogP contribution in [0.5, 0.6) is 0 Å². The summed E-state index contributed by atoms with van der Waals surface area (Å²) >= 11 is 0. The molecule has 1 N–H and O–H groups in total. The Labute approximate surface area is 113 Å². The van der Waals surface area contributed by atoms with Gasteiger partial charge in [0.2, 0.25) is 0 Å². The molecule has 1 heterocycles. The van der Waals surface area contributed by atoms with E-state index in [2.05, 4.69) is 17.4 Å². The van der Waals surface area contributed by atoms with Gasteiger partial charge >= 0.3 is 0 Å². The Morgan fingerprint density at radius 3 is 2.84 bits per heavy atom. The number of hydrogen-bond donors (Lipinski definition) is 1. The van der Waals surface area contributed by atoms with Crippen molar-refractivity contribution in [3.8, 4) is 0 Å².